The summed E-state index contributed by atoms with van der Waals surface area (Å²) >= 11 is 0. The van der Waals surface area contributed by atoms with E-state index in [1.54, 1.807) is 13.8 Å². The van der Waals surface area contributed by atoms with Crippen LogP contribution in [0.2, 0.25) is 0 Å². The molecule has 0 radical (unpaired) electrons. The van der Waals surface area contributed by atoms with Gasteiger partial charge >= 0.3 is 0 Å². The first-order valence-electron chi connectivity index (χ1n) is 4.05. The average molecular weight is 194 g/mol. The average Bonchev–Trinajstić information content (AvgIpc) is 2.63. The van der Waals surface area contributed by atoms with E-state index in [1.165, 1.54) is 0 Å². The van der Waals surface area contributed by atoms with Crippen molar-refractivity contribution in [3.8, 4) is 11.4 Å². The minimum Gasteiger partial charge on any atom is -0.394 e. The van der Waals surface area contributed by atoms with Gasteiger partial charge in [-0.15, -0.1) is 0 Å². The highest BCUT2D eigenvalue weighted by molar-refractivity contribution is 5.79. The van der Waals surface area contributed by atoms with Gasteiger partial charge in [-0.25, -0.2) is 0 Å². The Balaban J connectivity index is 2.60. The van der Waals surface area contributed by atoms with Crippen molar-refractivity contribution in [2.75, 3.05) is 11.5 Å². The Labute approximate surface area is 79.8 Å². The Bertz CT molecular complexity index is 427. The van der Waals surface area contributed by atoms with Crippen molar-refractivity contribution >= 4 is 11.4 Å². The third kappa shape index (κ3) is 1.04. The Kier molecular flexibility index (Phi) is 1.70. The maximum Gasteiger partial charge on any atom is 0.161 e. The SMILES string of the molecule is Cc1onc(-c2noc(C)c2N)c1N. The number of anilines is 2. The Hall–Kier alpha value is -1.98. The van der Waals surface area contributed by atoms with Crippen LogP contribution in [-0.2, 0) is 0 Å². The van der Waals surface area contributed by atoms with Gasteiger partial charge in [0.25, 0.3) is 0 Å². The van der Waals surface area contributed by atoms with Crippen LogP contribution in [-0.4, -0.2) is 10.3 Å². The molecule has 4 N–H and O–H groups in total. The molecule has 0 saturated carbocycles. The van der Waals surface area contributed by atoms with Crippen LogP contribution in [0.3, 0.4) is 0 Å². The topological polar surface area (TPSA) is 104 Å². The molecule has 0 aromatic carbocycles. The monoisotopic (exact) mass is 194 g/mol. The van der Waals surface area contributed by atoms with Gasteiger partial charge < -0.3 is 20.5 Å². The van der Waals surface area contributed by atoms with Crippen molar-refractivity contribution in [3.05, 3.63) is 11.5 Å². The summed E-state index contributed by atoms with van der Waals surface area (Å²) in [6.07, 6.45) is 0. The van der Waals surface area contributed by atoms with Crippen LogP contribution in [0.15, 0.2) is 9.05 Å². The molecular formula is C8H10N4O2. The van der Waals surface area contributed by atoms with Gasteiger partial charge in [0, 0.05) is 0 Å². The standard InChI is InChI=1S/C8H10N4O2/c1-3-5(9)7(11-13-3)8-6(10)4(2)14-12-8/h9-10H2,1-2H3. The molecule has 0 bridgehead atoms. The second-order valence-electron chi connectivity index (χ2n) is 3.00. The number of aryl methyl sites for hydroxylation is 2. The van der Waals surface area contributed by atoms with Crippen LogP contribution in [0.4, 0.5) is 11.4 Å². The predicted octanol–water partition coefficient (Wildman–Crippen LogP) is 1.11. The molecule has 0 unspecified atom stereocenters. The van der Waals surface area contributed by atoms with Crippen molar-refractivity contribution in [1.82, 2.24) is 10.3 Å². The normalized spacial score (nSPS) is 10.7. The molecule has 0 spiro atoms. The highest BCUT2D eigenvalue weighted by Gasteiger charge is 2.19. The zero-order valence-electron chi connectivity index (χ0n) is 7.87. The first-order chi connectivity index (χ1) is 6.61. The fraction of sp³-hybridized carbons (Fsp3) is 0.250. The molecule has 0 aliphatic heterocycles. The lowest BCUT2D eigenvalue weighted by Crippen LogP contribution is -1.93. The maximum atomic E-state index is 5.72. The first kappa shape index (κ1) is 8.61. The molecule has 0 atom stereocenters. The lowest BCUT2D eigenvalue weighted by molar-refractivity contribution is 0.391. The summed E-state index contributed by atoms with van der Waals surface area (Å²) in [5.74, 6) is 1.08. The quantitative estimate of drug-likeness (QED) is 0.704. The van der Waals surface area contributed by atoms with Gasteiger partial charge in [0.05, 0.1) is 0 Å². The van der Waals surface area contributed by atoms with Gasteiger partial charge in [-0.05, 0) is 13.8 Å². The van der Waals surface area contributed by atoms with Crippen LogP contribution in [0, 0.1) is 13.8 Å². The summed E-state index contributed by atoms with van der Waals surface area (Å²) in [6.45, 7) is 3.43. The second kappa shape index (κ2) is 2.76. The van der Waals surface area contributed by atoms with Gasteiger partial charge in [-0.2, -0.15) is 0 Å². The second-order valence-corrected chi connectivity index (χ2v) is 3.00. The fourth-order valence-corrected chi connectivity index (χ4v) is 1.10. The highest BCUT2D eigenvalue weighted by atomic mass is 16.5. The van der Waals surface area contributed by atoms with Crippen molar-refractivity contribution in [3.63, 3.8) is 0 Å². The molecule has 0 aliphatic rings. The van der Waals surface area contributed by atoms with Gasteiger partial charge in [-0.3, -0.25) is 0 Å². The molecule has 0 saturated heterocycles. The molecule has 2 heterocycles. The number of nitrogens with two attached hydrogens (primary N) is 2. The van der Waals surface area contributed by atoms with Crippen molar-refractivity contribution in [1.29, 1.82) is 0 Å². The van der Waals surface area contributed by atoms with E-state index in [0.29, 0.717) is 34.3 Å². The Morgan fingerprint density at radius 1 is 0.857 bits per heavy atom. The van der Waals surface area contributed by atoms with E-state index >= 15 is 0 Å². The van der Waals surface area contributed by atoms with E-state index in [4.69, 9.17) is 20.5 Å². The van der Waals surface area contributed by atoms with E-state index in [9.17, 15) is 0 Å². The first-order valence-corrected chi connectivity index (χ1v) is 4.05. The minimum absolute atomic E-state index is 0.428. The summed E-state index contributed by atoms with van der Waals surface area (Å²) in [5, 5.41) is 7.51. The van der Waals surface area contributed by atoms with Gasteiger partial charge in [0.1, 0.15) is 11.4 Å². The summed E-state index contributed by atoms with van der Waals surface area (Å²) in [6, 6.07) is 0. The molecule has 0 aliphatic carbocycles. The van der Waals surface area contributed by atoms with E-state index in [1.807, 2.05) is 0 Å². The molecule has 14 heavy (non-hydrogen) atoms. The lowest BCUT2D eigenvalue weighted by atomic mass is 10.2. The van der Waals surface area contributed by atoms with Gasteiger partial charge in [0.15, 0.2) is 22.9 Å². The number of aromatic nitrogens is 2. The number of nitrogens with zero attached hydrogens (tertiary/aromatic N) is 2. The van der Waals surface area contributed by atoms with Crippen molar-refractivity contribution in [2.24, 2.45) is 0 Å². The van der Waals surface area contributed by atoms with Crippen LogP contribution in [0.1, 0.15) is 11.5 Å². The predicted molar refractivity (Wildman–Crippen MR) is 50.3 cm³/mol. The number of hydrogen-bond acceptors (Lipinski definition) is 6. The lowest BCUT2D eigenvalue weighted by Gasteiger charge is -1.91. The van der Waals surface area contributed by atoms with Crippen LogP contribution < -0.4 is 11.5 Å². The minimum atomic E-state index is 0.428. The van der Waals surface area contributed by atoms with Crippen LogP contribution in [0.5, 0.6) is 0 Å². The van der Waals surface area contributed by atoms with Gasteiger partial charge in [0.2, 0.25) is 0 Å². The molecule has 74 valence electrons. The third-order valence-electron chi connectivity index (χ3n) is 2.04. The number of rotatable bonds is 1. The molecule has 0 fully saturated rings. The molecule has 6 nitrogen and oxygen atoms in total. The molecule has 2 rings (SSSR count). The largest absolute Gasteiger partial charge is 0.394 e. The summed E-state index contributed by atoms with van der Waals surface area (Å²) in [5.41, 5.74) is 13.2. The molecular weight excluding hydrogens is 184 g/mol. The van der Waals surface area contributed by atoms with Crippen molar-refractivity contribution in [2.45, 2.75) is 13.8 Å². The molecule has 6 heteroatoms. The Morgan fingerprint density at radius 2 is 1.21 bits per heavy atom. The van der Waals surface area contributed by atoms with E-state index in [2.05, 4.69) is 10.3 Å². The fourth-order valence-electron chi connectivity index (χ4n) is 1.10. The molecule has 2 aromatic rings. The Morgan fingerprint density at radius 3 is 1.43 bits per heavy atom. The summed E-state index contributed by atoms with van der Waals surface area (Å²) in [4.78, 5) is 0. The van der Waals surface area contributed by atoms with Crippen LogP contribution in [0.25, 0.3) is 11.4 Å². The summed E-state index contributed by atoms with van der Waals surface area (Å²) < 4.78 is 9.80. The highest BCUT2D eigenvalue weighted by Crippen LogP contribution is 2.31. The van der Waals surface area contributed by atoms with E-state index in [-0.39, 0.29) is 0 Å². The van der Waals surface area contributed by atoms with E-state index in [0.717, 1.165) is 0 Å². The molecule has 0 amide bonds. The zero-order chi connectivity index (χ0) is 10.3. The van der Waals surface area contributed by atoms with E-state index < -0.39 is 0 Å². The zero-order valence-corrected chi connectivity index (χ0v) is 7.87. The van der Waals surface area contributed by atoms with Gasteiger partial charge in [-0.1, -0.05) is 10.3 Å². The maximum absolute atomic E-state index is 5.72. The smallest absolute Gasteiger partial charge is 0.161 e. The number of hydrogen-bond donors (Lipinski definition) is 2. The van der Waals surface area contributed by atoms with Crippen LogP contribution >= 0.6 is 0 Å². The third-order valence-corrected chi connectivity index (χ3v) is 2.04. The molecule has 2 aromatic heterocycles. The summed E-state index contributed by atoms with van der Waals surface area (Å²) in [7, 11) is 0. The number of nitrogen functional groups attached to an aromatic ring is 2. The van der Waals surface area contributed by atoms with Crippen molar-refractivity contribution < 1.29 is 9.05 Å².